The lowest BCUT2D eigenvalue weighted by Gasteiger charge is -2.34. The van der Waals surface area contributed by atoms with Crippen molar-refractivity contribution in [1.82, 2.24) is 10.2 Å². The summed E-state index contributed by atoms with van der Waals surface area (Å²) in [5.41, 5.74) is 1.57. The molecule has 1 heterocycles. The van der Waals surface area contributed by atoms with E-state index >= 15 is 0 Å². The molecule has 0 radical (unpaired) electrons. The van der Waals surface area contributed by atoms with Crippen molar-refractivity contribution >= 4 is 0 Å². The van der Waals surface area contributed by atoms with Gasteiger partial charge in [-0.25, -0.2) is 0 Å². The van der Waals surface area contributed by atoms with Crippen LogP contribution in [0.1, 0.15) is 25.0 Å². The summed E-state index contributed by atoms with van der Waals surface area (Å²) in [5.74, 6) is 0. The van der Waals surface area contributed by atoms with E-state index in [0.717, 1.165) is 38.2 Å². The Labute approximate surface area is 110 Å². The molecule has 1 aromatic rings. The Balaban J connectivity index is 2.03. The Morgan fingerprint density at radius 1 is 1.22 bits per heavy atom. The molecule has 1 atom stereocenters. The Morgan fingerprint density at radius 2 is 1.83 bits per heavy atom. The minimum atomic E-state index is -0.760. The average molecular weight is 248 g/mol. The van der Waals surface area contributed by atoms with Gasteiger partial charge in [0.15, 0.2) is 0 Å². The molecule has 0 saturated carbocycles. The Hall–Kier alpha value is -0.900. The molecular weight excluding hydrogens is 224 g/mol. The summed E-state index contributed by atoms with van der Waals surface area (Å²) in [4.78, 5) is 2.32. The number of aliphatic hydroxyl groups is 1. The summed E-state index contributed by atoms with van der Waals surface area (Å²) in [7, 11) is 0. The predicted molar refractivity (Wildman–Crippen MR) is 74.7 cm³/mol. The highest BCUT2D eigenvalue weighted by molar-refractivity contribution is 5.27. The smallest absolute Gasteiger partial charge is 0.0994 e. The number of rotatable bonds is 4. The third-order valence-corrected chi connectivity index (χ3v) is 3.73. The van der Waals surface area contributed by atoms with Crippen molar-refractivity contribution in [3.05, 3.63) is 35.4 Å². The average Bonchev–Trinajstić information content (AvgIpc) is 2.39. The number of nitrogens with one attached hydrogen (secondary N) is 1. The second-order valence-corrected chi connectivity index (χ2v) is 5.35. The topological polar surface area (TPSA) is 35.5 Å². The SMILES string of the molecule is CCc1ccc(C(C)(O)CN2CCNCC2)cc1. The number of aryl methyl sites for hydroxylation is 1. The fourth-order valence-electron chi connectivity index (χ4n) is 2.50. The first-order valence-electron chi connectivity index (χ1n) is 6.86. The number of β-amino-alcohol motifs (C(OH)–C–C–N with tert-alkyl or cyclic N) is 1. The summed E-state index contributed by atoms with van der Waals surface area (Å²) in [6.45, 7) is 8.84. The summed E-state index contributed by atoms with van der Waals surface area (Å²) in [5, 5.41) is 14.0. The first-order chi connectivity index (χ1) is 8.62. The van der Waals surface area contributed by atoms with Crippen LogP contribution in [0.15, 0.2) is 24.3 Å². The maximum absolute atomic E-state index is 10.6. The fourth-order valence-corrected chi connectivity index (χ4v) is 2.50. The van der Waals surface area contributed by atoms with Crippen LogP contribution in [0.4, 0.5) is 0 Å². The maximum atomic E-state index is 10.6. The zero-order chi connectivity index (χ0) is 13.0. The van der Waals surface area contributed by atoms with E-state index in [2.05, 4.69) is 41.4 Å². The number of nitrogens with zero attached hydrogens (tertiary/aromatic N) is 1. The van der Waals surface area contributed by atoms with Crippen molar-refractivity contribution in [2.75, 3.05) is 32.7 Å². The van der Waals surface area contributed by atoms with Gasteiger partial charge in [0, 0.05) is 32.7 Å². The minimum absolute atomic E-state index is 0.708. The van der Waals surface area contributed by atoms with Crippen molar-refractivity contribution in [2.45, 2.75) is 25.9 Å². The predicted octanol–water partition coefficient (Wildman–Crippen LogP) is 1.36. The fraction of sp³-hybridized carbons (Fsp3) is 0.600. The van der Waals surface area contributed by atoms with E-state index in [9.17, 15) is 5.11 Å². The molecule has 18 heavy (non-hydrogen) atoms. The van der Waals surface area contributed by atoms with Crippen LogP contribution < -0.4 is 5.32 Å². The molecule has 1 unspecified atom stereocenters. The first-order valence-corrected chi connectivity index (χ1v) is 6.86. The first kappa shape index (κ1) is 13.5. The van der Waals surface area contributed by atoms with Gasteiger partial charge in [-0.05, 0) is 24.5 Å². The molecule has 0 spiro atoms. The second-order valence-electron chi connectivity index (χ2n) is 5.35. The van der Waals surface area contributed by atoms with Gasteiger partial charge in [-0.15, -0.1) is 0 Å². The van der Waals surface area contributed by atoms with Gasteiger partial charge in [-0.2, -0.15) is 0 Å². The van der Waals surface area contributed by atoms with Gasteiger partial charge in [0.25, 0.3) is 0 Å². The molecule has 1 saturated heterocycles. The van der Waals surface area contributed by atoms with Gasteiger partial charge in [0.2, 0.25) is 0 Å². The highest BCUT2D eigenvalue weighted by atomic mass is 16.3. The Bertz CT molecular complexity index is 367. The van der Waals surface area contributed by atoms with Gasteiger partial charge >= 0.3 is 0 Å². The maximum Gasteiger partial charge on any atom is 0.0994 e. The molecule has 3 heteroatoms. The van der Waals surface area contributed by atoms with Gasteiger partial charge < -0.3 is 10.4 Å². The molecule has 1 aromatic carbocycles. The highest BCUT2D eigenvalue weighted by Crippen LogP contribution is 2.22. The molecule has 0 bridgehead atoms. The zero-order valence-corrected chi connectivity index (χ0v) is 11.4. The van der Waals surface area contributed by atoms with Crippen LogP contribution >= 0.6 is 0 Å². The van der Waals surface area contributed by atoms with Crippen LogP contribution in [0.3, 0.4) is 0 Å². The quantitative estimate of drug-likeness (QED) is 0.844. The van der Waals surface area contributed by atoms with E-state index in [1.54, 1.807) is 0 Å². The van der Waals surface area contributed by atoms with Crippen molar-refractivity contribution in [3.8, 4) is 0 Å². The van der Waals surface area contributed by atoms with E-state index in [1.807, 2.05) is 6.92 Å². The van der Waals surface area contributed by atoms with Crippen molar-refractivity contribution in [3.63, 3.8) is 0 Å². The Kier molecular flexibility index (Phi) is 4.38. The van der Waals surface area contributed by atoms with E-state index in [-0.39, 0.29) is 0 Å². The second kappa shape index (κ2) is 5.83. The van der Waals surface area contributed by atoms with Crippen LogP contribution in [0.5, 0.6) is 0 Å². The summed E-state index contributed by atoms with van der Waals surface area (Å²) >= 11 is 0. The lowest BCUT2D eigenvalue weighted by molar-refractivity contribution is 0.0126. The summed E-state index contributed by atoms with van der Waals surface area (Å²) < 4.78 is 0. The molecule has 0 amide bonds. The molecule has 2 rings (SSSR count). The molecule has 3 nitrogen and oxygen atoms in total. The van der Waals surface area contributed by atoms with Crippen LogP contribution in [-0.4, -0.2) is 42.7 Å². The van der Waals surface area contributed by atoms with Crippen molar-refractivity contribution in [2.24, 2.45) is 0 Å². The summed E-state index contributed by atoms with van der Waals surface area (Å²) in [6, 6.07) is 8.34. The normalized spacial score (nSPS) is 20.6. The van der Waals surface area contributed by atoms with Crippen molar-refractivity contribution in [1.29, 1.82) is 0 Å². The van der Waals surface area contributed by atoms with E-state index in [0.29, 0.717) is 6.54 Å². The minimum Gasteiger partial charge on any atom is -0.384 e. The molecule has 0 aromatic heterocycles. The monoisotopic (exact) mass is 248 g/mol. The van der Waals surface area contributed by atoms with E-state index in [1.165, 1.54) is 5.56 Å². The van der Waals surface area contributed by atoms with Gasteiger partial charge in [0.05, 0.1) is 5.60 Å². The molecule has 1 aliphatic heterocycles. The number of hydrogen-bond donors (Lipinski definition) is 2. The molecule has 2 N–H and O–H groups in total. The number of benzene rings is 1. The molecular formula is C15H24N2O. The van der Waals surface area contributed by atoms with Crippen LogP contribution in [0, 0.1) is 0 Å². The number of piperazine rings is 1. The Morgan fingerprint density at radius 3 is 2.39 bits per heavy atom. The molecule has 1 aliphatic rings. The van der Waals surface area contributed by atoms with Gasteiger partial charge in [-0.1, -0.05) is 31.2 Å². The third-order valence-electron chi connectivity index (χ3n) is 3.73. The van der Waals surface area contributed by atoms with Crippen molar-refractivity contribution < 1.29 is 5.11 Å². The lowest BCUT2D eigenvalue weighted by Crippen LogP contribution is -2.48. The molecule has 0 aliphatic carbocycles. The van der Waals surface area contributed by atoms with Crippen LogP contribution in [-0.2, 0) is 12.0 Å². The standard InChI is InChI=1S/C15H24N2O/c1-3-13-4-6-14(7-5-13)15(2,18)12-17-10-8-16-9-11-17/h4-7,16,18H,3,8-12H2,1-2H3. The largest absolute Gasteiger partial charge is 0.384 e. The van der Waals surface area contributed by atoms with E-state index < -0.39 is 5.60 Å². The highest BCUT2D eigenvalue weighted by Gasteiger charge is 2.26. The van der Waals surface area contributed by atoms with E-state index in [4.69, 9.17) is 0 Å². The lowest BCUT2D eigenvalue weighted by atomic mass is 9.94. The molecule has 100 valence electrons. The zero-order valence-electron chi connectivity index (χ0n) is 11.4. The summed E-state index contributed by atoms with van der Waals surface area (Å²) in [6.07, 6.45) is 1.04. The van der Waals surface area contributed by atoms with Gasteiger partial charge in [0.1, 0.15) is 0 Å². The van der Waals surface area contributed by atoms with Crippen LogP contribution in [0.2, 0.25) is 0 Å². The number of hydrogen-bond acceptors (Lipinski definition) is 3. The van der Waals surface area contributed by atoms with Crippen LogP contribution in [0.25, 0.3) is 0 Å². The molecule has 1 fully saturated rings. The third kappa shape index (κ3) is 3.31. The van der Waals surface area contributed by atoms with Gasteiger partial charge in [-0.3, -0.25) is 4.90 Å².